The van der Waals surface area contributed by atoms with E-state index < -0.39 is 0 Å². The van der Waals surface area contributed by atoms with E-state index in [0.29, 0.717) is 5.92 Å². The van der Waals surface area contributed by atoms with Gasteiger partial charge in [-0.15, -0.1) is 12.4 Å². The highest BCUT2D eigenvalue weighted by Crippen LogP contribution is 2.22. The molecule has 1 aliphatic heterocycles. The molecule has 1 heterocycles. The van der Waals surface area contributed by atoms with E-state index in [-0.39, 0.29) is 36.7 Å². The molecule has 2 fully saturated rings. The number of aryl methyl sites for hydroxylation is 1. The van der Waals surface area contributed by atoms with Crippen molar-refractivity contribution >= 4 is 24.2 Å². The SMILES string of the molecule is Cl.O=C(CC1NCCN(CCCc2ccccc2)C1=O)NCC1CCCCC1. The van der Waals surface area contributed by atoms with Gasteiger partial charge >= 0.3 is 0 Å². The normalized spacial score (nSPS) is 20.5. The van der Waals surface area contributed by atoms with Gasteiger partial charge in [0, 0.05) is 26.2 Å². The molecular weight excluding hydrogens is 374 g/mol. The summed E-state index contributed by atoms with van der Waals surface area (Å²) < 4.78 is 0. The van der Waals surface area contributed by atoms with E-state index in [1.807, 2.05) is 23.1 Å². The summed E-state index contributed by atoms with van der Waals surface area (Å²) in [5.74, 6) is 0.687. The lowest BCUT2D eigenvalue weighted by atomic mass is 9.89. The van der Waals surface area contributed by atoms with Crippen LogP contribution in [0.2, 0.25) is 0 Å². The third-order valence-electron chi connectivity index (χ3n) is 5.82. The molecule has 2 N–H and O–H groups in total. The molecule has 1 saturated carbocycles. The first-order valence-electron chi connectivity index (χ1n) is 10.5. The fraction of sp³-hybridized carbons (Fsp3) is 0.636. The summed E-state index contributed by atoms with van der Waals surface area (Å²) in [5, 5.41) is 6.27. The van der Waals surface area contributed by atoms with Crippen molar-refractivity contribution in [2.75, 3.05) is 26.2 Å². The Morgan fingerprint density at radius 1 is 1.14 bits per heavy atom. The van der Waals surface area contributed by atoms with Crippen LogP contribution in [0, 0.1) is 5.92 Å². The van der Waals surface area contributed by atoms with E-state index in [2.05, 4.69) is 22.8 Å². The van der Waals surface area contributed by atoms with E-state index in [1.165, 1.54) is 37.7 Å². The van der Waals surface area contributed by atoms with Gasteiger partial charge in [-0.1, -0.05) is 49.6 Å². The van der Waals surface area contributed by atoms with Crippen molar-refractivity contribution in [1.82, 2.24) is 15.5 Å². The predicted octanol–water partition coefficient (Wildman–Crippen LogP) is 2.93. The molecule has 0 aromatic heterocycles. The predicted molar refractivity (Wildman–Crippen MR) is 115 cm³/mol. The van der Waals surface area contributed by atoms with Crippen LogP contribution in [0.3, 0.4) is 0 Å². The van der Waals surface area contributed by atoms with E-state index in [1.54, 1.807) is 0 Å². The number of nitrogens with zero attached hydrogens (tertiary/aromatic N) is 1. The number of benzene rings is 1. The zero-order valence-electron chi connectivity index (χ0n) is 16.7. The Morgan fingerprint density at radius 3 is 2.64 bits per heavy atom. The van der Waals surface area contributed by atoms with Gasteiger partial charge in [-0.25, -0.2) is 0 Å². The van der Waals surface area contributed by atoms with Gasteiger partial charge in [-0.3, -0.25) is 9.59 Å². The van der Waals surface area contributed by atoms with Crippen LogP contribution in [-0.2, 0) is 16.0 Å². The zero-order valence-corrected chi connectivity index (χ0v) is 17.5. The maximum Gasteiger partial charge on any atom is 0.240 e. The van der Waals surface area contributed by atoms with E-state index >= 15 is 0 Å². The molecule has 2 amide bonds. The van der Waals surface area contributed by atoms with Gasteiger partial charge < -0.3 is 15.5 Å². The Labute approximate surface area is 175 Å². The maximum atomic E-state index is 12.7. The van der Waals surface area contributed by atoms with Crippen molar-refractivity contribution in [3.63, 3.8) is 0 Å². The zero-order chi connectivity index (χ0) is 18.9. The van der Waals surface area contributed by atoms with Crippen molar-refractivity contribution < 1.29 is 9.59 Å². The summed E-state index contributed by atoms with van der Waals surface area (Å²) in [6.07, 6.45) is 8.50. The van der Waals surface area contributed by atoms with Crippen LogP contribution in [0.25, 0.3) is 0 Å². The first-order valence-corrected chi connectivity index (χ1v) is 10.5. The summed E-state index contributed by atoms with van der Waals surface area (Å²) >= 11 is 0. The fourth-order valence-electron chi connectivity index (χ4n) is 4.20. The lowest BCUT2D eigenvalue weighted by Crippen LogP contribution is -2.56. The lowest BCUT2D eigenvalue weighted by Gasteiger charge is -2.33. The van der Waals surface area contributed by atoms with Crippen LogP contribution in [0.15, 0.2) is 30.3 Å². The van der Waals surface area contributed by atoms with Gasteiger partial charge in [0.25, 0.3) is 0 Å². The lowest BCUT2D eigenvalue weighted by molar-refractivity contribution is -0.138. The molecule has 3 rings (SSSR count). The van der Waals surface area contributed by atoms with Crippen LogP contribution in [0.1, 0.15) is 50.5 Å². The van der Waals surface area contributed by atoms with E-state index in [4.69, 9.17) is 0 Å². The van der Waals surface area contributed by atoms with Gasteiger partial charge in [0.05, 0.1) is 12.5 Å². The Hall–Kier alpha value is -1.59. The molecule has 0 radical (unpaired) electrons. The molecule has 28 heavy (non-hydrogen) atoms. The number of amides is 2. The number of carbonyl (C=O) groups is 2. The largest absolute Gasteiger partial charge is 0.356 e. The highest BCUT2D eigenvalue weighted by molar-refractivity contribution is 5.88. The average Bonchev–Trinajstić information content (AvgIpc) is 2.71. The number of hydrogen-bond donors (Lipinski definition) is 2. The minimum absolute atomic E-state index is 0. The number of rotatable bonds is 8. The minimum Gasteiger partial charge on any atom is -0.356 e. The molecule has 1 unspecified atom stereocenters. The smallest absolute Gasteiger partial charge is 0.240 e. The van der Waals surface area contributed by atoms with E-state index in [0.717, 1.165) is 39.0 Å². The highest BCUT2D eigenvalue weighted by atomic mass is 35.5. The molecule has 5 nitrogen and oxygen atoms in total. The molecule has 0 bridgehead atoms. The maximum absolute atomic E-state index is 12.7. The van der Waals surface area contributed by atoms with Gasteiger partial charge in [0.2, 0.25) is 11.8 Å². The number of nitrogens with one attached hydrogen (secondary N) is 2. The van der Waals surface area contributed by atoms with Gasteiger partial charge in [0.15, 0.2) is 0 Å². The van der Waals surface area contributed by atoms with Crippen LogP contribution >= 0.6 is 12.4 Å². The van der Waals surface area contributed by atoms with Gasteiger partial charge in [-0.2, -0.15) is 0 Å². The van der Waals surface area contributed by atoms with Crippen molar-refractivity contribution in [3.05, 3.63) is 35.9 Å². The van der Waals surface area contributed by atoms with Crippen molar-refractivity contribution in [1.29, 1.82) is 0 Å². The second-order valence-electron chi connectivity index (χ2n) is 7.93. The molecular formula is C22H34ClN3O2. The van der Waals surface area contributed by atoms with Crippen LogP contribution < -0.4 is 10.6 Å². The molecule has 0 spiro atoms. The topological polar surface area (TPSA) is 61.4 Å². The number of carbonyl (C=O) groups excluding carboxylic acids is 2. The van der Waals surface area contributed by atoms with Crippen LogP contribution in [-0.4, -0.2) is 48.9 Å². The Morgan fingerprint density at radius 2 is 1.89 bits per heavy atom. The molecule has 2 aliphatic rings. The summed E-state index contributed by atoms with van der Waals surface area (Å²) in [6, 6.07) is 9.99. The molecule has 1 saturated heterocycles. The molecule has 1 aromatic carbocycles. The van der Waals surface area contributed by atoms with E-state index in [9.17, 15) is 9.59 Å². The summed E-state index contributed by atoms with van der Waals surface area (Å²) in [4.78, 5) is 26.9. The molecule has 156 valence electrons. The summed E-state index contributed by atoms with van der Waals surface area (Å²) in [7, 11) is 0. The molecule has 6 heteroatoms. The van der Waals surface area contributed by atoms with Gasteiger partial charge in [0.1, 0.15) is 0 Å². The van der Waals surface area contributed by atoms with Crippen molar-refractivity contribution in [2.45, 2.75) is 57.4 Å². The highest BCUT2D eigenvalue weighted by Gasteiger charge is 2.29. The second kappa shape index (κ2) is 12.1. The summed E-state index contributed by atoms with van der Waals surface area (Å²) in [6.45, 7) is 3.02. The number of piperazine rings is 1. The first-order chi connectivity index (χ1) is 13.2. The minimum atomic E-state index is -0.373. The average molecular weight is 408 g/mol. The standard InChI is InChI=1S/C22H33N3O2.ClH/c26-21(24-17-19-10-5-2-6-11-19)16-20-22(27)25(15-13-23-20)14-7-12-18-8-3-1-4-9-18;/h1,3-4,8-9,19-20,23H,2,5-7,10-17H2,(H,24,26);1H. The third kappa shape index (κ3) is 7.10. The Balaban J connectivity index is 0.00000280. The second-order valence-corrected chi connectivity index (χ2v) is 7.93. The molecule has 1 aliphatic carbocycles. The molecule has 1 atom stereocenters. The number of halogens is 1. The quantitative estimate of drug-likeness (QED) is 0.696. The first kappa shape index (κ1) is 22.7. The Bertz CT molecular complexity index is 605. The Kier molecular flexibility index (Phi) is 9.79. The van der Waals surface area contributed by atoms with Crippen molar-refractivity contribution in [3.8, 4) is 0 Å². The van der Waals surface area contributed by atoms with Crippen LogP contribution in [0.5, 0.6) is 0 Å². The van der Waals surface area contributed by atoms with Gasteiger partial charge in [-0.05, 0) is 37.2 Å². The van der Waals surface area contributed by atoms with Crippen molar-refractivity contribution in [2.24, 2.45) is 5.92 Å². The molecule has 1 aromatic rings. The summed E-state index contributed by atoms with van der Waals surface area (Å²) in [5.41, 5.74) is 1.30. The monoisotopic (exact) mass is 407 g/mol. The number of hydrogen-bond acceptors (Lipinski definition) is 3. The fourth-order valence-corrected chi connectivity index (χ4v) is 4.20. The van der Waals surface area contributed by atoms with Crippen LogP contribution in [0.4, 0.5) is 0 Å². The third-order valence-corrected chi connectivity index (χ3v) is 5.82.